The van der Waals surface area contributed by atoms with Gasteiger partial charge >= 0.3 is 0 Å². The minimum atomic E-state index is 0.674. The van der Waals surface area contributed by atoms with Crippen LogP contribution >= 0.6 is 0 Å². The Balaban J connectivity index is 1.70. The summed E-state index contributed by atoms with van der Waals surface area (Å²) in [5.74, 6) is 0.674. The number of benzene rings is 2. The summed E-state index contributed by atoms with van der Waals surface area (Å²) in [7, 11) is 0. The highest BCUT2D eigenvalue weighted by Crippen LogP contribution is 2.34. The number of pyridine rings is 1. The summed E-state index contributed by atoms with van der Waals surface area (Å²) in [5.41, 5.74) is 5.17. The molecule has 4 rings (SSSR count). The van der Waals surface area contributed by atoms with Gasteiger partial charge < -0.3 is 0 Å². The quantitative estimate of drug-likeness (QED) is 0.544. The summed E-state index contributed by atoms with van der Waals surface area (Å²) >= 11 is 0. The fraction of sp³-hybridized carbons (Fsp3) is 0.318. The summed E-state index contributed by atoms with van der Waals surface area (Å²) < 4.78 is 0. The lowest BCUT2D eigenvalue weighted by Gasteiger charge is -2.21. The van der Waals surface area contributed by atoms with E-state index in [1.54, 1.807) is 0 Å². The lowest BCUT2D eigenvalue weighted by Crippen LogP contribution is -2.07. The molecule has 0 atom stereocenters. The second-order valence-corrected chi connectivity index (χ2v) is 6.82. The normalized spacial score (nSPS) is 15.9. The van der Waals surface area contributed by atoms with Crippen molar-refractivity contribution in [3.63, 3.8) is 0 Å². The van der Waals surface area contributed by atoms with Crippen molar-refractivity contribution in [1.29, 1.82) is 0 Å². The first-order chi connectivity index (χ1) is 11.3. The summed E-state index contributed by atoms with van der Waals surface area (Å²) in [6.07, 6.45) is 8.81. The third kappa shape index (κ3) is 2.88. The molecule has 1 aliphatic carbocycles. The van der Waals surface area contributed by atoms with E-state index in [1.807, 2.05) is 0 Å². The summed E-state index contributed by atoms with van der Waals surface area (Å²) in [4.78, 5) is 4.82. The van der Waals surface area contributed by atoms with Gasteiger partial charge in [-0.3, -0.25) is 4.98 Å². The lowest BCUT2D eigenvalue weighted by atomic mass is 9.86. The van der Waals surface area contributed by atoms with Gasteiger partial charge in [0.1, 0.15) is 0 Å². The van der Waals surface area contributed by atoms with Crippen molar-refractivity contribution in [1.82, 2.24) is 4.98 Å². The molecule has 0 radical (unpaired) electrons. The van der Waals surface area contributed by atoms with E-state index in [4.69, 9.17) is 4.98 Å². The predicted octanol–water partition coefficient (Wildman–Crippen LogP) is 6.26. The Morgan fingerprint density at radius 3 is 2.43 bits per heavy atom. The second-order valence-electron chi connectivity index (χ2n) is 6.82. The van der Waals surface area contributed by atoms with Gasteiger partial charge in [0.25, 0.3) is 0 Å². The first kappa shape index (κ1) is 14.4. The second kappa shape index (κ2) is 6.16. The summed E-state index contributed by atoms with van der Waals surface area (Å²) in [6, 6.07) is 17.6. The number of rotatable bonds is 2. The van der Waals surface area contributed by atoms with Crippen LogP contribution < -0.4 is 0 Å². The Morgan fingerprint density at radius 2 is 1.65 bits per heavy atom. The van der Waals surface area contributed by atoms with Crippen molar-refractivity contribution in [3.8, 4) is 11.1 Å². The molecule has 1 heteroatoms. The van der Waals surface area contributed by atoms with Gasteiger partial charge in [-0.1, -0.05) is 55.7 Å². The molecule has 0 N–H and O–H groups in total. The molecule has 0 spiro atoms. The van der Waals surface area contributed by atoms with E-state index in [0.29, 0.717) is 5.92 Å². The monoisotopic (exact) mass is 301 g/mol. The van der Waals surface area contributed by atoms with E-state index < -0.39 is 0 Å². The Kier molecular flexibility index (Phi) is 3.87. The molecule has 23 heavy (non-hydrogen) atoms. The first-order valence-corrected chi connectivity index (χ1v) is 8.77. The van der Waals surface area contributed by atoms with Crippen LogP contribution in [0, 0.1) is 6.92 Å². The van der Waals surface area contributed by atoms with Gasteiger partial charge in [0.2, 0.25) is 0 Å². The third-order valence-corrected chi connectivity index (χ3v) is 5.22. The van der Waals surface area contributed by atoms with Crippen molar-refractivity contribution >= 4 is 10.8 Å². The fourth-order valence-corrected chi connectivity index (χ4v) is 3.86. The van der Waals surface area contributed by atoms with Crippen LogP contribution in [0.2, 0.25) is 0 Å². The number of aryl methyl sites for hydroxylation is 1. The smallest absolute Gasteiger partial charge is 0.0437 e. The average molecular weight is 301 g/mol. The molecular formula is C22H23N. The number of nitrogens with zero attached hydrogens (tertiary/aromatic N) is 1. The Hall–Kier alpha value is -2.15. The average Bonchev–Trinajstić information content (AvgIpc) is 2.62. The molecular weight excluding hydrogens is 278 g/mol. The zero-order valence-corrected chi connectivity index (χ0v) is 13.8. The van der Waals surface area contributed by atoms with Gasteiger partial charge in [0, 0.05) is 23.4 Å². The minimum Gasteiger partial charge on any atom is -0.260 e. The molecule has 1 nitrogen and oxygen atoms in total. The molecule has 0 saturated heterocycles. The molecule has 0 bridgehead atoms. The van der Waals surface area contributed by atoms with Gasteiger partial charge in [0.05, 0.1) is 0 Å². The van der Waals surface area contributed by atoms with Crippen LogP contribution in [-0.4, -0.2) is 4.98 Å². The van der Waals surface area contributed by atoms with Crippen molar-refractivity contribution in [2.24, 2.45) is 0 Å². The van der Waals surface area contributed by atoms with Gasteiger partial charge in [0.15, 0.2) is 0 Å². The van der Waals surface area contributed by atoms with E-state index in [1.165, 1.54) is 65.3 Å². The highest BCUT2D eigenvalue weighted by molar-refractivity contribution is 5.87. The van der Waals surface area contributed by atoms with Crippen molar-refractivity contribution in [2.75, 3.05) is 0 Å². The molecule has 116 valence electrons. The standard InChI is InChI=1S/C22H23N/c1-16-13-22(18-8-3-2-4-9-18)23-15-21(16)20-12-11-17-7-5-6-10-19(17)14-20/h5-7,10-15,18H,2-4,8-9H2,1H3. The van der Waals surface area contributed by atoms with Crippen molar-refractivity contribution in [3.05, 3.63) is 66.0 Å². The SMILES string of the molecule is Cc1cc(C2CCCCC2)ncc1-c1ccc2ccccc2c1. The van der Waals surface area contributed by atoms with Crippen LogP contribution in [0.3, 0.4) is 0 Å². The number of fused-ring (bicyclic) bond motifs is 1. The highest BCUT2D eigenvalue weighted by atomic mass is 14.7. The highest BCUT2D eigenvalue weighted by Gasteiger charge is 2.17. The van der Waals surface area contributed by atoms with Gasteiger partial charge in [-0.05, 0) is 53.8 Å². The Morgan fingerprint density at radius 1 is 0.870 bits per heavy atom. The zero-order chi connectivity index (χ0) is 15.6. The summed E-state index contributed by atoms with van der Waals surface area (Å²) in [5, 5.41) is 2.58. The minimum absolute atomic E-state index is 0.674. The van der Waals surface area contributed by atoms with E-state index in [2.05, 4.69) is 61.7 Å². The first-order valence-electron chi connectivity index (χ1n) is 8.77. The Labute approximate surface area is 138 Å². The zero-order valence-electron chi connectivity index (χ0n) is 13.8. The van der Waals surface area contributed by atoms with Crippen molar-refractivity contribution in [2.45, 2.75) is 44.9 Å². The van der Waals surface area contributed by atoms with Crippen LogP contribution in [0.5, 0.6) is 0 Å². The maximum atomic E-state index is 4.82. The number of hydrogen-bond acceptors (Lipinski definition) is 1. The van der Waals surface area contributed by atoms with Crippen LogP contribution in [-0.2, 0) is 0 Å². The molecule has 3 aromatic rings. The van der Waals surface area contributed by atoms with Crippen LogP contribution in [0.15, 0.2) is 54.7 Å². The lowest BCUT2D eigenvalue weighted by molar-refractivity contribution is 0.436. The summed E-state index contributed by atoms with van der Waals surface area (Å²) in [6.45, 7) is 2.22. The molecule has 2 aromatic carbocycles. The van der Waals surface area contributed by atoms with E-state index in [0.717, 1.165) is 0 Å². The van der Waals surface area contributed by atoms with Crippen molar-refractivity contribution < 1.29 is 0 Å². The molecule has 1 heterocycles. The largest absolute Gasteiger partial charge is 0.260 e. The molecule has 0 aliphatic heterocycles. The Bertz CT molecular complexity index is 828. The molecule has 1 fully saturated rings. The van der Waals surface area contributed by atoms with E-state index >= 15 is 0 Å². The maximum absolute atomic E-state index is 4.82. The number of aromatic nitrogens is 1. The van der Waals surface area contributed by atoms with Crippen LogP contribution in [0.25, 0.3) is 21.9 Å². The fourth-order valence-electron chi connectivity index (χ4n) is 3.86. The molecule has 1 aliphatic rings. The van der Waals surface area contributed by atoms with Crippen LogP contribution in [0.1, 0.15) is 49.3 Å². The predicted molar refractivity (Wildman–Crippen MR) is 97.7 cm³/mol. The third-order valence-electron chi connectivity index (χ3n) is 5.22. The topological polar surface area (TPSA) is 12.9 Å². The van der Waals surface area contributed by atoms with Gasteiger partial charge in [-0.2, -0.15) is 0 Å². The van der Waals surface area contributed by atoms with E-state index in [-0.39, 0.29) is 0 Å². The molecule has 1 saturated carbocycles. The van der Waals surface area contributed by atoms with Crippen LogP contribution in [0.4, 0.5) is 0 Å². The van der Waals surface area contributed by atoms with Gasteiger partial charge in [-0.25, -0.2) is 0 Å². The van der Waals surface area contributed by atoms with Gasteiger partial charge in [-0.15, -0.1) is 0 Å². The maximum Gasteiger partial charge on any atom is 0.0437 e. The van der Waals surface area contributed by atoms with E-state index in [9.17, 15) is 0 Å². The molecule has 1 aromatic heterocycles. The molecule has 0 unspecified atom stereocenters. The molecule has 0 amide bonds. The number of hydrogen-bond donors (Lipinski definition) is 0.